The van der Waals surface area contributed by atoms with E-state index >= 15 is 0 Å². The summed E-state index contributed by atoms with van der Waals surface area (Å²) in [5.74, 6) is 0.986. The lowest BCUT2D eigenvalue weighted by Gasteiger charge is -2.31. The van der Waals surface area contributed by atoms with E-state index in [0.29, 0.717) is 28.9 Å². The molecule has 1 aliphatic rings. The Bertz CT molecular complexity index is 1360. The van der Waals surface area contributed by atoms with Crippen LogP contribution in [-0.2, 0) is 6.54 Å². The van der Waals surface area contributed by atoms with Gasteiger partial charge in [-0.15, -0.1) is 0 Å². The number of aromatic nitrogens is 1. The molecule has 0 unspecified atom stereocenters. The smallest absolute Gasteiger partial charge is 0.323 e. The van der Waals surface area contributed by atoms with Crippen molar-refractivity contribution in [2.45, 2.75) is 32.4 Å². The lowest BCUT2D eigenvalue weighted by atomic mass is 9.97. The van der Waals surface area contributed by atoms with E-state index in [1.54, 1.807) is 25.3 Å². The van der Waals surface area contributed by atoms with Crippen molar-refractivity contribution in [2.75, 3.05) is 12.4 Å². The molecule has 4 aromatic rings. The van der Waals surface area contributed by atoms with Gasteiger partial charge in [0.15, 0.2) is 0 Å². The monoisotopic (exact) mass is 485 g/mol. The van der Waals surface area contributed by atoms with E-state index in [-0.39, 0.29) is 12.1 Å². The molecule has 1 aliphatic heterocycles. The molecule has 0 radical (unpaired) electrons. The third-order valence-electron chi connectivity index (χ3n) is 6.55. The van der Waals surface area contributed by atoms with Gasteiger partial charge in [0.25, 0.3) is 0 Å². The fourth-order valence-electron chi connectivity index (χ4n) is 4.72. The maximum Gasteiger partial charge on any atom is 0.323 e. The largest absolute Gasteiger partial charge is 0.495 e. The van der Waals surface area contributed by atoms with Crippen molar-refractivity contribution in [1.82, 2.24) is 9.47 Å². The van der Waals surface area contributed by atoms with Crippen LogP contribution >= 0.6 is 11.6 Å². The van der Waals surface area contributed by atoms with Crippen molar-refractivity contribution in [1.29, 1.82) is 0 Å². The minimum Gasteiger partial charge on any atom is -0.495 e. The molecular weight excluding hydrogens is 458 g/mol. The van der Waals surface area contributed by atoms with Gasteiger partial charge in [-0.25, -0.2) is 4.79 Å². The number of ether oxygens (including phenoxy) is 1. The molecule has 0 saturated carbocycles. The SMILES string of the molecule is COc1ccc(Cl)cc1NC(=O)N1Cc2ccccc2-n2cccc2[C@@H]1c1ccc(C(C)C)cc1. The zero-order valence-electron chi connectivity index (χ0n) is 20.0. The average molecular weight is 486 g/mol. The van der Waals surface area contributed by atoms with E-state index in [1.807, 2.05) is 23.1 Å². The second-order valence-electron chi connectivity index (χ2n) is 9.06. The van der Waals surface area contributed by atoms with Gasteiger partial charge in [0.1, 0.15) is 5.75 Å². The van der Waals surface area contributed by atoms with Crippen LogP contribution in [0.15, 0.2) is 85.1 Å². The first kappa shape index (κ1) is 23.1. The fourth-order valence-corrected chi connectivity index (χ4v) is 4.89. The molecule has 2 heterocycles. The molecule has 0 spiro atoms. The zero-order valence-corrected chi connectivity index (χ0v) is 20.8. The van der Waals surface area contributed by atoms with Gasteiger partial charge in [0, 0.05) is 16.9 Å². The molecule has 2 amide bonds. The minimum absolute atomic E-state index is 0.229. The Balaban J connectivity index is 1.62. The number of halogens is 1. The highest BCUT2D eigenvalue weighted by Gasteiger charge is 2.33. The molecule has 1 atom stereocenters. The molecule has 0 bridgehead atoms. The second-order valence-corrected chi connectivity index (χ2v) is 9.49. The van der Waals surface area contributed by atoms with Crippen LogP contribution in [0.4, 0.5) is 10.5 Å². The van der Waals surface area contributed by atoms with E-state index in [4.69, 9.17) is 16.3 Å². The molecule has 0 fully saturated rings. The number of fused-ring (bicyclic) bond motifs is 3. The van der Waals surface area contributed by atoms with Gasteiger partial charge in [0.2, 0.25) is 0 Å². The topological polar surface area (TPSA) is 46.5 Å². The standard InChI is InChI=1S/C29H28ClN3O2/c1-19(2)20-10-12-21(13-11-20)28-26-9-6-16-32(26)25-8-5-4-7-22(25)18-33(28)29(34)31-24-17-23(30)14-15-27(24)35-3/h4-17,19,28H,18H2,1-3H3,(H,31,34)/t28-/m0/s1. The van der Waals surface area contributed by atoms with Gasteiger partial charge in [-0.2, -0.15) is 0 Å². The summed E-state index contributed by atoms with van der Waals surface area (Å²) in [5.41, 5.74) is 6.02. The molecule has 5 rings (SSSR count). The van der Waals surface area contributed by atoms with Gasteiger partial charge < -0.3 is 19.5 Å². The molecule has 178 valence electrons. The molecule has 0 aliphatic carbocycles. The molecule has 1 aromatic heterocycles. The Hall–Kier alpha value is -3.70. The summed E-state index contributed by atoms with van der Waals surface area (Å²) < 4.78 is 7.65. The number of amides is 2. The van der Waals surface area contributed by atoms with E-state index < -0.39 is 0 Å². The number of hydrogen-bond acceptors (Lipinski definition) is 2. The summed E-state index contributed by atoms with van der Waals surface area (Å²) >= 11 is 6.23. The number of rotatable bonds is 4. The average Bonchev–Trinajstić information content (AvgIpc) is 3.28. The van der Waals surface area contributed by atoms with Crippen molar-refractivity contribution in [3.63, 3.8) is 0 Å². The van der Waals surface area contributed by atoms with E-state index in [9.17, 15) is 4.79 Å². The van der Waals surface area contributed by atoms with Crippen LogP contribution in [-0.4, -0.2) is 22.6 Å². The number of nitrogens with one attached hydrogen (secondary N) is 1. The molecule has 1 N–H and O–H groups in total. The summed E-state index contributed by atoms with van der Waals surface area (Å²) in [6, 6.07) is 25.6. The number of carbonyl (C=O) groups is 1. The molecule has 6 heteroatoms. The number of anilines is 1. The van der Waals surface area contributed by atoms with Gasteiger partial charge in [-0.05, 0) is 59.0 Å². The van der Waals surface area contributed by atoms with Crippen molar-refractivity contribution in [2.24, 2.45) is 0 Å². The summed E-state index contributed by atoms with van der Waals surface area (Å²) in [5, 5.41) is 3.58. The minimum atomic E-state index is -0.288. The second kappa shape index (κ2) is 9.51. The highest BCUT2D eigenvalue weighted by molar-refractivity contribution is 6.31. The Morgan fingerprint density at radius 3 is 2.54 bits per heavy atom. The van der Waals surface area contributed by atoms with Crippen LogP contribution in [0.2, 0.25) is 5.02 Å². The molecule has 0 saturated heterocycles. The number of benzene rings is 3. The quantitative estimate of drug-likeness (QED) is 0.327. The Kier molecular flexibility index (Phi) is 6.27. The fraction of sp³-hybridized carbons (Fsp3) is 0.207. The van der Waals surface area contributed by atoms with Gasteiger partial charge in [0.05, 0.1) is 31.1 Å². The summed E-state index contributed by atoms with van der Waals surface area (Å²) in [6.07, 6.45) is 2.06. The number of urea groups is 1. The molecular formula is C29H28ClN3O2. The van der Waals surface area contributed by atoms with Crippen LogP contribution in [0.1, 0.15) is 48.2 Å². The first-order valence-corrected chi connectivity index (χ1v) is 12.1. The van der Waals surface area contributed by atoms with Crippen molar-refractivity contribution >= 4 is 23.3 Å². The maximum atomic E-state index is 13.9. The third-order valence-corrected chi connectivity index (χ3v) is 6.78. The molecule has 35 heavy (non-hydrogen) atoms. The number of para-hydroxylation sites is 1. The predicted molar refractivity (Wildman–Crippen MR) is 141 cm³/mol. The number of hydrogen-bond donors (Lipinski definition) is 1. The lowest BCUT2D eigenvalue weighted by Crippen LogP contribution is -2.38. The molecule has 5 nitrogen and oxygen atoms in total. The highest BCUT2D eigenvalue weighted by atomic mass is 35.5. The van der Waals surface area contributed by atoms with Crippen LogP contribution < -0.4 is 10.1 Å². The van der Waals surface area contributed by atoms with Crippen LogP contribution in [0.25, 0.3) is 5.69 Å². The Morgan fingerprint density at radius 1 is 1.03 bits per heavy atom. The lowest BCUT2D eigenvalue weighted by molar-refractivity contribution is 0.194. The number of nitrogens with zero attached hydrogens (tertiary/aromatic N) is 2. The van der Waals surface area contributed by atoms with Crippen molar-refractivity contribution in [3.8, 4) is 11.4 Å². The molecule has 3 aromatic carbocycles. The summed E-state index contributed by atoms with van der Waals surface area (Å²) in [7, 11) is 1.58. The van der Waals surface area contributed by atoms with Crippen molar-refractivity contribution < 1.29 is 9.53 Å². The van der Waals surface area contributed by atoms with Gasteiger partial charge in [-0.1, -0.05) is 67.9 Å². The Labute approximate surface area is 210 Å². The highest BCUT2D eigenvalue weighted by Crippen LogP contribution is 2.38. The third kappa shape index (κ3) is 4.40. The normalized spacial score (nSPS) is 14.8. The summed E-state index contributed by atoms with van der Waals surface area (Å²) in [4.78, 5) is 15.8. The number of methoxy groups -OCH3 is 1. The first-order valence-electron chi connectivity index (χ1n) is 11.7. The summed E-state index contributed by atoms with van der Waals surface area (Å²) in [6.45, 7) is 4.81. The van der Waals surface area contributed by atoms with Crippen LogP contribution in [0, 0.1) is 0 Å². The predicted octanol–water partition coefficient (Wildman–Crippen LogP) is 7.40. The zero-order chi connectivity index (χ0) is 24.5. The van der Waals surface area contributed by atoms with Crippen molar-refractivity contribution in [3.05, 3.63) is 112 Å². The van der Waals surface area contributed by atoms with E-state index in [1.165, 1.54) is 5.56 Å². The van der Waals surface area contributed by atoms with Gasteiger partial charge in [-0.3, -0.25) is 0 Å². The maximum absolute atomic E-state index is 13.9. The Morgan fingerprint density at radius 2 is 1.80 bits per heavy atom. The van der Waals surface area contributed by atoms with E-state index in [2.05, 4.69) is 72.4 Å². The first-order chi connectivity index (χ1) is 17.0. The van der Waals surface area contributed by atoms with Crippen LogP contribution in [0.3, 0.4) is 0 Å². The van der Waals surface area contributed by atoms with Gasteiger partial charge >= 0.3 is 6.03 Å². The number of carbonyl (C=O) groups excluding carboxylic acids is 1. The van der Waals surface area contributed by atoms with Crippen LogP contribution in [0.5, 0.6) is 5.75 Å². The van der Waals surface area contributed by atoms with E-state index in [0.717, 1.165) is 22.5 Å².